The van der Waals surface area contributed by atoms with Gasteiger partial charge in [-0.15, -0.1) is 17.8 Å². The number of nitrogens with zero attached hydrogens (tertiary/aromatic N) is 9. The minimum absolute atomic E-state index is 0.00804. The summed E-state index contributed by atoms with van der Waals surface area (Å²) in [5.41, 5.74) is 1.12. The van der Waals surface area contributed by atoms with Gasteiger partial charge in [0.2, 0.25) is 23.6 Å². The van der Waals surface area contributed by atoms with E-state index in [0.717, 1.165) is 29.0 Å². The highest BCUT2D eigenvalue weighted by Crippen LogP contribution is 2.42. The van der Waals surface area contributed by atoms with Crippen molar-refractivity contribution in [3.8, 4) is 45.8 Å². The summed E-state index contributed by atoms with van der Waals surface area (Å²) in [4.78, 5) is 98.5. The number of aromatic hydroxyl groups is 1. The molecule has 6 fully saturated rings. The first-order valence-corrected chi connectivity index (χ1v) is 32.0. The van der Waals surface area contributed by atoms with Crippen LogP contribution < -0.4 is 25.6 Å². The number of carbonyl (C=O) groups is 5. The van der Waals surface area contributed by atoms with Gasteiger partial charge in [0.15, 0.2) is 11.5 Å². The largest absolute Gasteiger partial charge is 0.508 e. The average Bonchev–Trinajstić information content (AvgIpc) is 0.955. The summed E-state index contributed by atoms with van der Waals surface area (Å²) in [5.74, 6) is -1.23. The number of carbonyl (C=O) groups excluding carboxylic acids is 5. The molecule has 5 aliphatic heterocycles. The van der Waals surface area contributed by atoms with Crippen LogP contribution in [0.25, 0.3) is 43.4 Å². The molecular formula is C66H75F3N12O8S. The molecule has 5 saturated heterocycles. The number of piperazine rings is 2. The van der Waals surface area contributed by atoms with E-state index in [-0.39, 0.29) is 121 Å². The molecule has 0 spiro atoms. The van der Waals surface area contributed by atoms with Gasteiger partial charge in [-0.2, -0.15) is 9.97 Å². The zero-order chi connectivity index (χ0) is 63.3. The van der Waals surface area contributed by atoms with Crippen LogP contribution in [-0.2, 0) is 24.0 Å². The fraction of sp³-hybridized carbons (Fsp3) is 0.500. The number of hydrogen-bond acceptors (Lipinski definition) is 16. The Morgan fingerprint density at radius 1 is 0.911 bits per heavy atom. The van der Waals surface area contributed by atoms with E-state index >= 15 is 8.78 Å². The predicted molar refractivity (Wildman–Crippen MR) is 333 cm³/mol. The van der Waals surface area contributed by atoms with Crippen molar-refractivity contribution >= 4 is 68.4 Å². The smallest absolute Gasteiger partial charge is 0.319 e. The maximum absolute atomic E-state index is 17.1. The number of fused-ring (bicyclic) bond motifs is 4. The second-order valence-corrected chi connectivity index (χ2v) is 26.9. The fourth-order valence-corrected chi connectivity index (χ4v) is 14.3. The quantitative estimate of drug-likeness (QED) is 0.0479. The van der Waals surface area contributed by atoms with Gasteiger partial charge in [0.05, 0.1) is 52.2 Å². The molecule has 5 amide bonds. The third-order valence-electron chi connectivity index (χ3n) is 18.7. The summed E-state index contributed by atoms with van der Waals surface area (Å²) in [5, 5.41) is 31.9. The number of anilines is 1. The molecule has 6 unspecified atom stereocenters. The number of ether oxygens (including phenoxy) is 1. The Labute approximate surface area is 524 Å². The monoisotopic (exact) mass is 1250 g/mol. The summed E-state index contributed by atoms with van der Waals surface area (Å²) in [7, 11) is 0. The van der Waals surface area contributed by atoms with Crippen molar-refractivity contribution in [2.45, 2.75) is 127 Å². The number of phenols is 1. The standard InChI is InChI=1S/C66H75F3N12O8S/c1-6-46-49(67)15-12-41-28-44(82)29-47(53(41)46)55-54(68)56-48(32-70-55)59(80-33-42-13-14-43(34-80)72-42)76-64(74-56)89-27-7-20-77-21-16-40(17-22-77)61(86)79-25-23-78(24-26-79)52(84)31-50(38-8-10-39(11-9-38)57-37(2)71-36-90-57)73-60(85)51-30-45(83)35-81(51)62(87)58(65(3,4)5)75-63(88)66(69)18-19-66/h1,8-12,15,28-29,32,36,40,42-43,45,50-51,58,72,82-83H,7,13-14,16-27,30-31,33-35H2,2-5H3,(H,73,85)(H,75,88). The summed E-state index contributed by atoms with van der Waals surface area (Å²) in [6.07, 6.45) is 10.0. The van der Waals surface area contributed by atoms with Crippen molar-refractivity contribution in [1.29, 1.82) is 0 Å². The average molecular weight is 1250 g/mol. The van der Waals surface area contributed by atoms with Crippen LogP contribution >= 0.6 is 11.3 Å². The zero-order valence-electron chi connectivity index (χ0n) is 50.9. The van der Waals surface area contributed by atoms with Gasteiger partial charge in [0, 0.05) is 93.9 Å². The number of pyridine rings is 1. The highest BCUT2D eigenvalue weighted by atomic mass is 32.1. The molecule has 1 saturated carbocycles. The van der Waals surface area contributed by atoms with Crippen LogP contribution in [0.5, 0.6) is 11.8 Å². The molecule has 5 N–H and O–H groups in total. The Balaban J connectivity index is 0.660. The number of thiazole rings is 1. The molecule has 90 heavy (non-hydrogen) atoms. The number of phenolic OH excluding ortho intramolecular Hbond substituents is 1. The van der Waals surface area contributed by atoms with Gasteiger partial charge in [-0.3, -0.25) is 29.0 Å². The number of halogens is 3. The minimum Gasteiger partial charge on any atom is -0.508 e. The van der Waals surface area contributed by atoms with Gasteiger partial charge in [-0.25, -0.2) is 18.2 Å². The summed E-state index contributed by atoms with van der Waals surface area (Å²) in [6, 6.07) is 10.2. The number of aryl methyl sites for hydroxylation is 1. The van der Waals surface area contributed by atoms with E-state index in [1.165, 1.54) is 46.7 Å². The highest BCUT2D eigenvalue weighted by molar-refractivity contribution is 7.13. The first kappa shape index (κ1) is 62.2. The number of nitrogens with one attached hydrogen (secondary N) is 3. The molecule has 20 nitrogen and oxygen atoms in total. The van der Waals surface area contributed by atoms with Crippen LogP contribution in [0.15, 0.2) is 60.2 Å². The van der Waals surface area contributed by atoms with Crippen LogP contribution in [0, 0.1) is 42.2 Å². The Hall–Kier alpha value is -7.98. The molecule has 2 bridgehead atoms. The molecule has 8 heterocycles. The first-order valence-electron chi connectivity index (χ1n) is 31.1. The lowest BCUT2D eigenvalue weighted by Gasteiger charge is -2.39. The van der Waals surface area contributed by atoms with Crippen molar-refractivity contribution in [3.63, 3.8) is 0 Å². The Bertz CT molecular complexity index is 3790. The van der Waals surface area contributed by atoms with Gasteiger partial charge in [0.25, 0.3) is 5.91 Å². The molecule has 0 radical (unpaired) electrons. The molecule has 6 aliphatic rings. The number of amides is 5. The topological polar surface area (TPSA) is 239 Å². The number of piperidine rings is 1. The van der Waals surface area contributed by atoms with Crippen LogP contribution in [0.2, 0.25) is 0 Å². The van der Waals surface area contributed by atoms with E-state index < -0.39 is 64.7 Å². The Morgan fingerprint density at radius 2 is 1.62 bits per heavy atom. The van der Waals surface area contributed by atoms with Crippen molar-refractivity contribution in [2.24, 2.45) is 11.3 Å². The van der Waals surface area contributed by atoms with E-state index in [1.807, 2.05) is 36.1 Å². The number of β-amino-alcohol motifs (C(OH)–C–C–N with tert-alkyl or cyclic N) is 1. The number of benzene rings is 3. The van der Waals surface area contributed by atoms with Crippen LogP contribution in [0.4, 0.5) is 19.0 Å². The molecule has 12 rings (SSSR count). The SMILES string of the molecule is C#Cc1c(F)ccc2cc(O)cc(-c3ncc4c(N5CC6CCC(C5)N6)nc(OCCCN5CCC(C(=O)N6CCN(C(=O)CC(NC(=O)C7CC(O)CN7C(=O)C(NC(=O)C7(F)CC7)C(C)(C)C)c7ccc(-c8scnc8C)cc7)CC6)CC5)nc4c3F)c12. The molecule has 474 valence electrons. The Kier molecular flexibility index (Phi) is 17.5. The Morgan fingerprint density at radius 3 is 2.29 bits per heavy atom. The van der Waals surface area contributed by atoms with Crippen molar-refractivity contribution < 1.29 is 52.1 Å². The van der Waals surface area contributed by atoms with Gasteiger partial charge < -0.3 is 55.4 Å². The molecular weight excluding hydrogens is 1180 g/mol. The highest BCUT2D eigenvalue weighted by Gasteiger charge is 2.53. The van der Waals surface area contributed by atoms with Crippen molar-refractivity contribution in [2.75, 3.05) is 77.0 Å². The molecule has 3 aromatic carbocycles. The lowest BCUT2D eigenvalue weighted by molar-refractivity contribution is -0.145. The third kappa shape index (κ3) is 12.9. The van der Waals surface area contributed by atoms with Crippen LogP contribution in [-0.4, -0.2) is 187 Å². The van der Waals surface area contributed by atoms with Crippen LogP contribution in [0.3, 0.4) is 0 Å². The van der Waals surface area contributed by atoms with Crippen molar-refractivity contribution in [1.82, 2.24) is 55.5 Å². The molecule has 24 heteroatoms. The van der Waals surface area contributed by atoms with Crippen molar-refractivity contribution in [3.05, 3.63) is 88.7 Å². The summed E-state index contributed by atoms with van der Waals surface area (Å²) in [6.45, 7) is 11.8. The summed E-state index contributed by atoms with van der Waals surface area (Å²) >= 11 is 1.50. The molecule has 1 aliphatic carbocycles. The number of alkyl halides is 1. The number of likely N-dealkylation sites (tertiary alicyclic amines) is 2. The van der Waals surface area contributed by atoms with E-state index in [9.17, 15) is 38.6 Å². The van der Waals surface area contributed by atoms with Gasteiger partial charge in [-0.1, -0.05) is 57.0 Å². The number of rotatable bonds is 17. The first-order chi connectivity index (χ1) is 43.1. The number of aromatic nitrogens is 4. The third-order valence-corrected chi connectivity index (χ3v) is 19.7. The van der Waals surface area contributed by atoms with Gasteiger partial charge >= 0.3 is 6.01 Å². The van der Waals surface area contributed by atoms with E-state index in [4.69, 9.17) is 16.1 Å². The summed E-state index contributed by atoms with van der Waals surface area (Å²) < 4.78 is 53.3. The normalized spacial score (nSPS) is 21.7. The number of aliphatic hydroxyl groups is 1. The van der Waals surface area contributed by atoms with E-state index in [2.05, 4.69) is 46.6 Å². The molecule has 3 aromatic heterocycles. The maximum atomic E-state index is 17.1. The van der Waals surface area contributed by atoms with Gasteiger partial charge in [0.1, 0.15) is 40.7 Å². The second kappa shape index (κ2) is 25.4. The minimum atomic E-state index is -2.03. The fourth-order valence-electron chi connectivity index (χ4n) is 13.5. The zero-order valence-corrected chi connectivity index (χ0v) is 51.8. The number of aliphatic hydroxyl groups excluding tert-OH is 1. The predicted octanol–water partition coefficient (Wildman–Crippen LogP) is 6.58. The molecule has 6 atom stereocenters. The lowest BCUT2D eigenvalue weighted by atomic mass is 9.85. The molecule has 6 aromatic rings. The number of hydrogen-bond donors (Lipinski definition) is 5. The maximum Gasteiger partial charge on any atom is 0.319 e. The van der Waals surface area contributed by atoms with Crippen LogP contribution in [0.1, 0.15) is 101 Å². The number of terminal acetylenes is 1. The second-order valence-electron chi connectivity index (χ2n) is 26.0. The van der Waals surface area contributed by atoms with E-state index in [0.29, 0.717) is 87.2 Å². The van der Waals surface area contributed by atoms with Gasteiger partial charge in [-0.05, 0) is 105 Å². The van der Waals surface area contributed by atoms with E-state index in [1.54, 1.807) is 31.2 Å². The lowest BCUT2D eigenvalue weighted by Crippen LogP contribution is -2.59.